The second-order valence-corrected chi connectivity index (χ2v) is 6.06. The van der Waals surface area contributed by atoms with Crippen molar-refractivity contribution in [1.82, 2.24) is 15.5 Å². The zero-order chi connectivity index (χ0) is 13.1. The number of piperazine rings is 1. The van der Waals surface area contributed by atoms with Gasteiger partial charge >= 0.3 is 0 Å². The zero-order valence-corrected chi connectivity index (χ0v) is 11.8. The van der Waals surface area contributed by atoms with Crippen LogP contribution in [-0.2, 0) is 4.79 Å². The summed E-state index contributed by atoms with van der Waals surface area (Å²) in [5.74, 6) is 0.707. The lowest BCUT2D eigenvalue weighted by Gasteiger charge is -2.34. The molecule has 2 N–H and O–H groups in total. The molecule has 0 saturated carbocycles. The minimum Gasteiger partial charge on any atom is -0.354 e. The molecule has 1 rings (SSSR count). The van der Waals surface area contributed by atoms with Gasteiger partial charge in [-0.1, -0.05) is 27.7 Å². The van der Waals surface area contributed by atoms with E-state index in [1.807, 2.05) is 7.05 Å². The molecule has 100 valence electrons. The highest BCUT2D eigenvalue weighted by Gasteiger charge is 2.28. The van der Waals surface area contributed by atoms with Gasteiger partial charge in [0.25, 0.3) is 0 Å². The van der Waals surface area contributed by atoms with Gasteiger partial charge in [-0.15, -0.1) is 0 Å². The van der Waals surface area contributed by atoms with Crippen molar-refractivity contribution in [2.75, 3.05) is 33.2 Å². The standard InChI is InChI=1S/C13H27N3O/c1-10(2)13(3,4)9-15-12(17)11-8-14-6-7-16(11)5/h10-11,14H,6-9H2,1-5H3,(H,15,17). The van der Waals surface area contributed by atoms with Gasteiger partial charge in [-0.25, -0.2) is 0 Å². The summed E-state index contributed by atoms with van der Waals surface area (Å²) in [6.45, 7) is 12.2. The number of amides is 1. The van der Waals surface area contributed by atoms with Crippen LogP contribution in [0, 0.1) is 11.3 Å². The molecule has 1 saturated heterocycles. The Morgan fingerprint density at radius 1 is 1.53 bits per heavy atom. The molecular weight excluding hydrogens is 214 g/mol. The van der Waals surface area contributed by atoms with E-state index in [1.165, 1.54) is 0 Å². The topological polar surface area (TPSA) is 44.4 Å². The van der Waals surface area contributed by atoms with E-state index in [9.17, 15) is 4.79 Å². The number of likely N-dealkylation sites (N-methyl/N-ethyl adjacent to an activating group) is 1. The van der Waals surface area contributed by atoms with Gasteiger partial charge in [0.05, 0.1) is 0 Å². The lowest BCUT2D eigenvalue weighted by molar-refractivity contribution is -0.127. The Bertz CT molecular complexity index is 263. The van der Waals surface area contributed by atoms with Gasteiger partial charge < -0.3 is 10.6 Å². The molecule has 1 amide bonds. The van der Waals surface area contributed by atoms with Crippen LogP contribution < -0.4 is 10.6 Å². The van der Waals surface area contributed by atoms with Crippen LogP contribution in [0.5, 0.6) is 0 Å². The summed E-state index contributed by atoms with van der Waals surface area (Å²) in [7, 11) is 2.01. The van der Waals surface area contributed by atoms with Gasteiger partial charge in [0.2, 0.25) is 5.91 Å². The van der Waals surface area contributed by atoms with E-state index in [2.05, 4.69) is 43.2 Å². The molecule has 0 aliphatic carbocycles. The highest BCUT2D eigenvalue weighted by molar-refractivity contribution is 5.82. The van der Waals surface area contributed by atoms with Crippen LogP contribution in [0.2, 0.25) is 0 Å². The average molecular weight is 241 g/mol. The third kappa shape index (κ3) is 3.96. The van der Waals surface area contributed by atoms with Crippen molar-refractivity contribution >= 4 is 5.91 Å². The molecule has 0 bridgehead atoms. The lowest BCUT2D eigenvalue weighted by Crippen LogP contribution is -2.57. The normalized spacial score (nSPS) is 22.8. The third-order valence-electron chi connectivity index (χ3n) is 4.09. The molecule has 1 heterocycles. The smallest absolute Gasteiger partial charge is 0.238 e. The Labute approximate surface area is 105 Å². The van der Waals surface area contributed by atoms with E-state index in [1.54, 1.807) is 0 Å². The Morgan fingerprint density at radius 2 is 2.18 bits per heavy atom. The molecule has 0 aromatic heterocycles. The SMILES string of the molecule is CC(C)C(C)(C)CNC(=O)C1CNCCN1C. The fourth-order valence-electron chi connectivity index (χ4n) is 1.74. The summed E-state index contributed by atoms with van der Waals surface area (Å²) < 4.78 is 0. The van der Waals surface area contributed by atoms with Crippen molar-refractivity contribution in [3.05, 3.63) is 0 Å². The van der Waals surface area contributed by atoms with E-state index >= 15 is 0 Å². The average Bonchev–Trinajstić information content (AvgIpc) is 2.26. The first-order valence-electron chi connectivity index (χ1n) is 6.53. The van der Waals surface area contributed by atoms with Gasteiger partial charge in [0, 0.05) is 26.2 Å². The van der Waals surface area contributed by atoms with Crippen molar-refractivity contribution in [3.8, 4) is 0 Å². The van der Waals surface area contributed by atoms with Crippen LogP contribution in [-0.4, -0.2) is 50.1 Å². The Kier molecular flexibility index (Phi) is 4.95. The fourth-order valence-corrected chi connectivity index (χ4v) is 1.74. The summed E-state index contributed by atoms with van der Waals surface area (Å²) in [6, 6.07) is -0.0216. The van der Waals surface area contributed by atoms with Gasteiger partial charge in [0.1, 0.15) is 6.04 Å². The van der Waals surface area contributed by atoms with Crippen LogP contribution in [0.15, 0.2) is 0 Å². The summed E-state index contributed by atoms with van der Waals surface area (Å²) in [5.41, 5.74) is 0.149. The second kappa shape index (κ2) is 5.83. The maximum Gasteiger partial charge on any atom is 0.238 e. The van der Waals surface area contributed by atoms with Gasteiger partial charge in [-0.3, -0.25) is 9.69 Å². The van der Waals surface area contributed by atoms with Crippen molar-refractivity contribution in [2.24, 2.45) is 11.3 Å². The number of nitrogens with zero attached hydrogens (tertiary/aromatic N) is 1. The van der Waals surface area contributed by atoms with Crippen LogP contribution >= 0.6 is 0 Å². The van der Waals surface area contributed by atoms with Crippen LogP contribution in [0.4, 0.5) is 0 Å². The van der Waals surface area contributed by atoms with E-state index in [4.69, 9.17) is 0 Å². The maximum absolute atomic E-state index is 12.1. The number of hydrogen-bond donors (Lipinski definition) is 2. The van der Waals surface area contributed by atoms with Crippen LogP contribution in [0.3, 0.4) is 0 Å². The van der Waals surface area contributed by atoms with Crippen molar-refractivity contribution in [3.63, 3.8) is 0 Å². The lowest BCUT2D eigenvalue weighted by atomic mass is 9.81. The molecular formula is C13H27N3O. The maximum atomic E-state index is 12.1. The molecule has 1 unspecified atom stereocenters. The number of carbonyl (C=O) groups excluding carboxylic acids is 1. The Hall–Kier alpha value is -0.610. The summed E-state index contributed by atoms with van der Waals surface area (Å²) in [6.07, 6.45) is 0. The number of rotatable bonds is 4. The third-order valence-corrected chi connectivity index (χ3v) is 4.09. The van der Waals surface area contributed by atoms with Crippen molar-refractivity contribution in [1.29, 1.82) is 0 Å². The molecule has 4 nitrogen and oxygen atoms in total. The highest BCUT2D eigenvalue weighted by atomic mass is 16.2. The molecule has 1 aliphatic heterocycles. The first-order valence-corrected chi connectivity index (χ1v) is 6.53. The predicted octanol–water partition coefficient (Wildman–Crippen LogP) is 0.688. The quantitative estimate of drug-likeness (QED) is 0.761. The second-order valence-electron chi connectivity index (χ2n) is 6.06. The number of hydrogen-bond acceptors (Lipinski definition) is 3. The molecule has 1 fully saturated rings. The first kappa shape index (κ1) is 14.5. The molecule has 0 radical (unpaired) electrons. The Balaban J connectivity index is 2.44. The minimum absolute atomic E-state index is 0.0216. The molecule has 0 spiro atoms. The van der Waals surface area contributed by atoms with Gasteiger partial charge in [-0.05, 0) is 18.4 Å². The van der Waals surface area contributed by atoms with Crippen molar-refractivity contribution < 1.29 is 4.79 Å². The molecule has 1 atom stereocenters. The molecule has 0 aromatic rings. The van der Waals surface area contributed by atoms with Crippen molar-refractivity contribution in [2.45, 2.75) is 33.7 Å². The molecule has 4 heteroatoms. The fraction of sp³-hybridized carbons (Fsp3) is 0.923. The number of nitrogens with one attached hydrogen (secondary N) is 2. The van der Waals surface area contributed by atoms with E-state index in [0.29, 0.717) is 5.92 Å². The Morgan fingerprint density at radius 3 is 2.71 bits per heavy atom. The van der Waals surface area contributed by atoms with Gasteiger partial charge in [-0.2, -0.15) is 0 Å². The number of carbonyl (C=O) groups is 1. The summed E-state index contributed by atoms with van der Waals surface area (Å²) in [5, 5.41) is 6.35. The van der Waals surface area contributed by atoms with Crippen LogP contribution in [0.25, 0.3) is 0 Å². The predicted molar refractivity (Wildman–Crippen MR) is 70.9 cm³/mol. The largest absolute Gasteiger partial charge is 0.354 e. The van der Waals surface area contributed by atoms with E-state index in [-0.39, 0.29) is 17.4 Å². The zero-order valence-electron chi connectivity index (χ0n) is 11.8. The summed E-state index contributed by atoms with van der Waals surface area (Å²) >= 11 is 0. The molecule has 1 aliphatic rings. The van der Waals surface area contributed by atoms with Gasteiger partial charge in [0.15, 0.2) is 0 Å². The highest BCUT2D eigenvalue weighted by Crippen LogP contribution is 2.24. The van der Waals surface area contributed by atoms with Crippen LogP contribution in [0.1, 0.15) is 27.7 Å². The minimum atomic E-state index is -0.0216. The van der Waals surface area contributed by atoms with E-state index in [0.717, 1.165) is 26.2 Å². The summed E-state index contributed by atoms with van der Waals surface area (Å²) in [4.78, 5) is 14.2. The molecule has 17 heavy (non-hydrogen) atoms. The molecule has 0 aromatic carbocycles. The monoisotopic (exact) mass is 241 g/mol. The first-order chi connectivity index (χ1) is 7.84. The van der Waals surface area contributed by atoms with E-state index < -0.39 is 0 Å².